The first-order valence-corrected chi connectivity index (χ1v) is 9.55. The minimum absolute atomic E-state index is 0.0639. The summed E-state index contributed by atoms with van der Waals surface area (Å²) >= 11 is 0. The molecule has 144 valence electrons. The van der Waals surface area contributed by atoms with E-state index in [1.807, 2.05) is 0 Å². The Kier molecular flexibility index (Phi) is 4.95. The Balaban J connectivity index is 1.73. The molecule has 1 aliphatic carbocycles. The summed E-state index contributed by atoms with van der Waals surface area (Å²) in [7, 11) is 2.11. The number of nitrogens with zero attached hydrogens (tertiary/aromatic N) is 3. The standard InChI is InChI=1S/C20H24F2N4O/c1-26-8-4-5-13(11-26)23-20-15-7-3-2-6-14(15)19(24-25-20)18-16(22)9-12(21)10-17(18)27/h9-10,13,27H,2-8,11H2,1H3,(H,23,25)/t13-/m1/s1. The van der Waals surface area contributed by atoms with E-state index in [9.17, 15) is 13.9 Å². The molecule has 4 rings (SSSR count). The van der Waals surface area contributed by atoms with Crippen LogP contribution in [0.3, 0.4) is 0 Å². The molecule has 7 heteroatoms. The Morgan fingerprint density at radius 3 is 2.63 bits per heavy atom. The van der Waals surface area contributed by atoms with E-state index in [0.29, 0.717) is 11.7 Å². The molecule has 1 saturated heterocycles. The molecule has 1 fully saturated rings. The largest absolute Gasteiger partial charge is 0.507 e. The number of likely N-dealkylation sites (N-methyl/N-ethyl adjacent to an activating group) is 1. The van der Waals surface area contributed by atoms with E-state index in [0.717, 1.165) is 80.7 Å². The highest BCUT2D eigenvalue weighted by Crippen LogP contribution is 2.38. The molecular weight excluding hydrogens is 350 g/mol. The van der Waals surface area contributed by atoms with Crippen LogP contribution in [0.25, 0.3) is 11.3 Å². The van der Waals surface area contributed by atoms with Crippen molar-refractivity contribution in [2.24, 2.45) is 0 Å². The number of piperidine rings is 1. The molecule has 0 radical (unpaired) electrons. The van der Waals surface area contributed by atoms with Crippen LogP contribution in [-0.2, 0) is 12.8 Å². The molecule has 2 aliphatic rings. The van der Waals surface area contributed by atoms with Crippen LogP contribution in [0.4, 0.5) is 14.6 Å². The van der Waals surface area contributed by atoms with Crippen molar-refractivity contribution in [3.63, 3.8) is 0 Å². The molecule has 27 heavy (non-hydrogen) atoms. The van der Waals surface area contributed by atoms with Crippen LogP contribution in [0, 0.1) is 11.6 Å². The predicted octanol–water partition coefficient (Wildman–Crippen LogP) is 3.51. The number of fused-ring (bicyclic) bond motifs is 1. The molecule has 1 aromatic heterocycles. The van der Waals surface area contributed by atoms with Gasteiger partial charge in [-0.25, -0.2) is 8.78 Å². The highest BCUT2D eigenvalue weighted by atomic mass is 19.1. The summed E-state index contributed by atoms with van der Waals surface area (Å²) in [6, 6.07) is 2.00. The van der Waals surface area contributed by atoms with Crippen LogP contribution in [0.5, 0.6) is 5.75 Å². The van der Waals surface area contributed by atoms with E-state index in [2.05, 4.69) is 27.5 Å². The quantitative estimate of drug-likeness (QED) is 0.861. The summed E-state index contributed by atoms with van der Waals surface area (Å²) in [6.45, 7) is 2.05. The van der Waals surface area contributed by atoms with Gasteiger partial charge in [-0.3, -0.25) is 0 Å². The van der Waals surface area contributed by atoms with Crippen molar-refractivity contribution in [2.75, 3.05) is 25.5 Å². The average molecular weight is 374 g/mol. The van der Waals surface area contributed by atoms with Crippen molar-refractivity contribution in [1.29, 1.82) is 0 Å². The van der Waals surface area contributed by atoms with Gasteiger partial charge in [0.15, 0.2) is 5.82 Å². The van der Waals surface area contributed by atoms with Gasteiger partial charge in [0.1, 0.15) is 23.1 Å². The van der Waals surface area contributed by atoms with Gasteiger partial charge >= 0.3 is 0 Å². The van der Waals surface area contributed by atoms with Gasteiger partial charge in [0.2, 0.25) is 0 Å². The van der Waals surface area contributed by atoms with Crippen molar-refractivity contribution in [1.82, 2.24) is 15.1 Å². The number of nitrogens with one attached hydrogen (secondary N) is 1. The summed E-state index contributed by atoms with van der Waals surface area (Å²) < 4.78 is 27.8. The SMILES string of the molecule is CN1CCC[C@@H](Nc2nnc(-c3c(O)cc(F)cc3F)c3c2CCCC3)C1. The molecule has 1 aliphatic heterocycles. The topological polar surface area (TPSA) is 61.3 Å². The number of aromatic nitrogens is 2. The predicted molar refractivity (Wildman–Crippen MR) is 99.8 cm³/mol. The normalized spacial score (nSPS) is 20.3. The Morgan fingerprint density at radius 1 is 1.11 bits per heavy atom. The highest BCUT2D eigenvalue weighted by Gasteiger charge is 2.26. The number of phenols is 1. The maximum atomic E-state index is 14.4. The van der Waals surface area contributed by atoms with Crippen molar-refractivity contribution < 1.29 is 13.9 Å². The fraction of sp³-hybridized carbons (Fsp3) is 0.500. The Morgan fingerprint density at radius 2 is 1.89 bits per heavy atom. The zero-order chi connectivity index (χ0) is 19.0. The number of hydrogen-bond acceptors (Lipinski definition) is 5. The van der Waals surface area contributed by atoms with Crippen LogP contribution in [0.2, 0.25) is 0 Å². The van der Waals surface area contributed by atoms with Crippen molar-refractivity contribution >= 4 is 5.82 Å². The third kappa shape index (κ3) is 3.60. The molecule has 2 aromatic rings. The molecule has 0 amide bonds. The molecule has 2 N–H and O–H groups in total. The molecule has 0 bridgehead atoms. The second-order valence-corrected chi connectivity index (χ2v) is 7.59. The van der Waals surface area contributed by atoms with E-state index >= 15 is 0 Å². The number of phenolic OH excluding ortho intramolecular Hbond substituents is 1. The van der Waals surface area contributed by atoms with Crippen LogP contribution in [0.1, 0.15) is 36.8 Å². The average Bonchev–Trinajstić information content (AvgIpc) is 2.62. The van der Waals surface area contributed by atoms with Gasteiger partial charge in [-0.05, 0) is 57.7 Å². The number of rotatable bonds is 3. The summed E-state index contributed by atoms with van der Waals surface area (Å²) in [5.74, 6) is -1.31. The molecule has 1 aromatic carbocycles. The van der Waals surface area contributed by atoms with Crippen molar-refractivity contribution in [3.05, 3.63) is 34.9 Å². The van der Waals surface area contributed by atoms with Crippen LogP contribution < -0.4 is 5.32 Å². The third-order valence-electron chi connectivity index (χ3n) is 5.53. The van der Waals surface area contributed by atoms with E-state index < -0.39 is 17.4 Å². The summed E-state index contributed by atoms with van der Waals surface area (Å²) in [6.07, 6.45) is 5.81. The van der Waals surface area contributed by atoms with E-state index in [4.69, 9.17) is 0 Å². The molecule has 0 saturated carbocycles. The van der Waals surface area contributed by atoms with Gasteiger partial charge in [0.25, 0.3) is 0 Å². The molecular formula is C20H24F2N4O. The Bertz CT molecular complexity index is 835. The summed E-state index contributed by atoms with van der Waals surface area (Å²) in [5.41, 5.74) is 2.21. The number of likely N-dealkylation sites (tertiary alicyclic amines) is 1. The first kappa shape index (κ1) is 18.1. The number of hydrogen-bond donors (Lipinski definition) is 2. The van der Waals surface area contributed by atoms with Gasteiger partial charge in [-0.15, -0.1) is 10.2 Å². The smallest absolute Gasteiger partial charge is 0.152 e. The van der Waals surface area contributed by atoms with Crippen LogP contribution in [-0.4, -0.2) is 46.4 Å². The minimum Gasteiger partial charge on any atom is -0.507 e. The Labute approximate surface area is 157 Å². The van der Waals surface area contributed by atoms with Gasteiger partial charge in [-0.1, -0.05) is 0 Å². The lowest BCUT2D eigenvalue weighted by atomic mass is 9.88. The minimum atomic E-state index is -0.816. The number of halogens is 2. The lowest BCUT2D eigenvalue weighted by Gasteiger charge is -2.31. The fourth-order valence-electron chi connectivity index (χ4n) is 4.24. The van der Waals surface area contributed by atoms with Gasteiger partial charge < -0.3 is 15.3 Å². The zero-order valence-electron chi connectivity index (χ0n) is 15.4. The number of aromatic hydroxyl groups is 1. The third-order valence-corrected chi connectivity index (χ3v) is 5.53. The molecule has 0 unspecified atom stereocenters. The maximum absolute atomic E-state index is 14.4. The van der Waals surface area contributed by atoms with Crippen LogP contribution in [0.15, 0.2) is 12.1 Å². The summed E-state index contributed by atoms with van der Waals surface area (Å²) in [4.78, 5) is 2.29. The molecule has 0 spiro atoms. The molecule has 5 nitrogen and oxygen atoms in total. The van der Waals surface area contributed by atoms with E-state index in [-0.39, 0.29) is 5.56 Å². The monoisotopic (exact) mass is 374 g/mol. The van der Waals surface area contributed by atoms with Crippen molar-refractivity contribution in [3.8, 4) is 17.0 Å². The molecule has 2 heterocycles. The first-order valence-electron chi connectivity index (χ1n) is 9.55. The maximum Gasteiger partial charge on any atom is 0.152 e. The fourth-order valence-corrected chi connectivity index (χ4v) is 4.24. The van der Waals surface area contributed by atoms with E-state index in [1.54, 1.807) is 0 Å². The highest BCUT2D eigenvalue weighted by molar-refractivity contribution is 5.73. The van der Waals surface area contributed by atoms with Crippen molar-refractivity contribution in [2.45, 2.75) is 44.6 Å². The second-order valence-electron chi connectivity index (χ2n) is 7.59. The zero-order valence-corrected chi connectivity index (χ0v) is 15.4. The van der Waals surface area contributed by atoms with Gasteiger partial charge in [0.05, 0.1) is 5.56 Å². The lowest BCUT2D eigenvalue weighted by Crippen LogP contribution is -2.40. The number of benzene rings is 1. The lowest BCUT2D eigenvalue weighted by molar-refractivity contribution is 0.260. The van der Waals surface area contributed by atoms with Crippen LogP contribution >= 0.6 is 0 Å². The second kappa shape index (κ2) is 7.38. The van der Waals surface area contributed by atoms with Gasteiger partial charge in [0, 0.05) is 30.3 Å². The van der Waals surface area contributed by atoms with E-state index in [1.165, 1.54) is 0 Å². The first-order chi connectivity index (χ1) is 13.0. The number of anilines is 1. The summed E-state index contributed by atoms with van der Waals surface area (Å²) in [5, 5.41) is 22.2. The Hall–Kier alpha value is -2.28. The van der Waals surface area contributed by atoms with Gasteiger partial charge in [-0.2, -0.15) is 0 Å². The molecule has 1 atom stereocenters.